The lowest BCUT2D eigenvalue weighted by atomic mass is 10.1. The number of rotatable bonds is 7. The van der Waals surface area contributed by atoms with Crippen LogP contribution in [0.25, 0.3) is 0 Å². The van der Waals surface area contributed by atoms with Crippen LogP contribution in [0, 0.1) is 0 Å². The molecule has 0 spiro atoms. The molecule has 1 saturated heterocycles. The van der Waals surface area contributed by atoms with Gasteiger partial charge in [0, 0.05) is 63.2 Å². The molecule has 0 amide bonds. The predicted molar refractivity (Wildman–Crippen MR) is 141 cm³/mol. The maximum absolute atomic E-state index is 5.52. The molecule has 1 fully saturated rings. The van der Waals surface area contributed by atoms with E-state index in [-0.39, 0.29) is 6.04 Å². The van der Waals surface area contributed by atoms with Crippen molar-refractivity contribution in [1.82, 2.24) is 14.9 Å². The van der Waals surface area contributed by atoms with E-state index in [2.05, 4.69) is 67.7 Å². The number of piperazine rings is 1. The van der Waals surface area contributed by atoms with Crippen LogP contribution in [-0.2, 0) is 6.42 Å². The van der Waals surface area contributed by atoms with Crippen molar-refractivity contribution >= 4 is 24.2 Å². The third kappa shape index (κ3) is 5.26. The highest BCUT2D eigenvalue weighted by Gasteiger charge is 2.29. The van der Waals surface area contributed by atoms with Crippen molar-refractivity contribution in [2.75, 3.05) is 45.8 Å². The molecule has 1 aliphatic rings. The molecular formula is C27H32N6O2. The van der Waals surface area contributed by atoms with E-state index in [9.17, 15) is 0 Å². The van der Waals surface area contributed by atoms with Gasteiger partial charge in [0.15, 0.2) is 11.5 Å². The number of hydrogen-bond acceptors (Lipinski definition) is 7. The average Bonchev–Trinajstić information content (AvgIpc) is 2.90. The molecule has 1 aliphatic heterocycles. The molecule has 0 radical (unpaired) electrons. The zero-order chi connectivity index (χ0) is 24.8. The van der Waals surface area contributed by atoms with Gasteiger partial charge in [-0.2, -0.15) is 0 Å². The fourth-order valence-corrected chi connectivity index (χ4v) is 4.47. The van der Waals surface area contributed by atoms with E-state index in [1.807, 2.05) is 30.6 Å². The molecule has 0 unspecified atom stereocenters. The third-order valence-electron chi connectivity index (χ3n) is 6.25. The van der Waals surface area contributed by atoms with Crippen molar-refractivity contribution in [1.29, 1.82) is 0 Å². The van der Waals surface area contributed by atoms with Crippen molar-refractivity contribution in [2.45, 2.75) is 19.4 Å². The SMILES string of the molecule is C=Nc1cc(OC)c(OC)cc1C(=NC)N1CCN(c2ncc(Cc3ccccc3)cn2)C[C@@H]1C. The normalized spacial score (nSPS) is 16.2. The molecular weight excluding hydrogens is 440 g/mol. The zero-order valence-corrected chi connectivity index (χ0v) is 20.8. The average molecular weight is 473 g/mol. The van der Waals surface area contributed by atoms with Gasteiger partial charge in [-0.15, -0.1) is 0 Å². The first-order valence-corrected chi connectivity index (χ1v) is 11.6. The molecule has 1 aromatic heterocycles. The van der Waals surface area contributed by atoms with E-state index < -0.39 is 0 Å². The number of ether oxygens (including phenoxy) is 2. The van der Waals surface area contributed by atoms with E-state index in [0.717, 1.165) is 49.0 Å². The highest BCUT2D eigenvalue weighted by Crippen LogP contribution is 2.36. The van der Waals surface area contributed by atoms with Gasteiger partial charge in [0.25, 0.3) is 0 Å². The number of aliphatic imine (C=N–C) groups is 2. The number of amidine groups is 1. The molecule has 0 saturated carbocycles. The van der Waals surface area contributed by atoms with Crippen molar-refractivity contribution in [3.63, 3.8) is 0 Å². The molecule has 3 aromatic rings. The minimum absolute atomic E-state index is 0.181. The number of aromatic nitrogens is 2. The van der Waals surface area contributed by atoms with Crippen LogP contribution in [0.1, 0.15) is 23.6 Å². The van der Waals surface area contributed by atoms with Gasteiger partial charge in [0.1, 0.15) is 5.84 Å². The summed E-state index contributed by atoms with van der Waals surface area (Å²) in [5, 5.41) is 0. The summed E-state index contributed by atoms with van der Waals surface area (Å²) in [5.74, 6) is 2.84. The molecule has 0 bridgehead atoms. The topological polar surface area (TPSA) is 75.4 Å². The molecule has 0 aliphatic carbocycles. The van der Waals surface area contributed by atoms with Gasteiger partial charge in [0.2, 0.25) is 5.95 Å². The van der Waals surface area contributed by atoms with Crippen molar-refractivity contribution < 1.29 is 9.47 Å². The Labute approximate surface area is 207 Å². The smallest absolute Gasteiger partial charge is 0.225 e. The molecule has 2 heterocycles. The molecule has 4 rings (SSSR count). The number of hydrogen-bond donors (Lipinski definition) is 0. The van der Waals surface area contributed by atoms with Crippen LogP contribution in [0.2, 0.25) is 0 Å². The Balaban J connectivity index is 1.49. The lowest BCUT2D eigenvalue weighted by Crippen LogP contribution is -2.54. The largest absolute Gasteiger partial charge is 0.493 e. The van der Waals surface area contributed by atoms with Gasteiger partial charge < -0.3 is 19.3 Å². The van der Waals surface area contributed by atoms with Crippen LogP contribution in [0.3, 0.4) is 0 Å². The summed E-state index contributed by atoms with van der Waals surface area (Å²) in [6.07, 6.45) is 4.68. The first kappa shape index (κ1) is 24.2. The minimum Gasteiger partial charge on any atom is -0.493 e. The van der Waals surface area contributed by atoms with Gasteiger partial charge in [-0.3, -0.25) is 9.98 Å². The van der Waals surface area contributed by atoms with Crippen LogP contribution >= 0.6 is 0 Å². The summed E-state index contributed by atoms with van der Waals surface area (Å²) < 4.78 is 11.0. The fourth-order valence-electron chi connectivity index (χ4n) is 4.47. The van der Waals surface area contributed by atoms with Crippen molar-refractivity contribution in [2.24, 2.45) is 9.98 Å². The summed E-state index contributed by atoms with van der Waals surface area (Å²) in [4.78, 5) is 22.7. The molecule has 1 atom stereocenters. The molecule has 182 valence electrons. The van der Waals surface area contributed by atoms with Gasteiger partial charge in [-0.25, -0.2) is 9.97 Å². The van der Waals surface area contributed by atoms with Crippen LogP contribution in [-0.4, -0.2) is 74.4 Å². The number of methoxy groups -OCH3 is 2. The van der Waals surface area contributed by atoms with Crippen molar-refractivity contribution in [3.05, 3.63) is 71.5 Å². The Hall–Kier alpha value is -3.94. The zero-order valence-electron chi connectivity index (χ0n) is 20.8. The van der Waals surface area contributed by atoms with E-state index in [0.29, 0.717) is 17.2 Å². The highest BCUT2D eigenvalue weighted by molar-refractivity contribution is 6.04. The van der Waals surface area contributed by atoms with Gasteiger partial charge >= 0.3 is 0 Å². The minimum atomic E-state index is 0.181. The molecule has 2 aromatic carbocycles. The van der Waals surface area contributed by atoms with Crippen LogP contribution in [0.4, 0.5) is 11.6 Å². The number of benzene rings is 2. The second-order valence-electron chi connectivity index (χ2n) is 8.47. The van der Waals surface area contributed by atoms with Crippen molar-refractivity contribution in [3.8, 4) is 11.5 Å². The number of nitrogens with zero attached hydrogens (tertiary/aromatic N) is 6. The highest BCUT2D eigenvalue weighted by atomic mass is 16.5. The van der Waals surface area contributed by atoms with Crippen LogP contribution < -0.4 is 14.4 Å². The molecule has 0 N–H and O–H groups in total. The standard InChI is InChI=1S/C27H32N6O2/c1-19-18-32(27-30-16-21(17-31-27)13-20-9-7-6-8-10-20)11-12-33(19)26(29-3)22-14-24(34-4)25(35-5)15-23(22)28-2/h6-10,14-17,19H,2,11-13,18H2,1,3-5H3/t19-/m0/s1. The fraction of sp³-hybridized carbons (Fsp3) is 0.333. The summed E-state index contributed by atoms with van der Waals surface area (Å²) in [6, 6.07) is 14.3. The summed E-state index contributed by atoms with van der Waals surface area (Å²) in [6.45, 7) is 8.26. The quantitative estimate of drug-likeness (QED) is 0.382. The van der Waals surface area contributed by atoms with E-state index >= 15 is 0 Å². The predicted octanol–water partition coefficient (Wildman–Crippen LogP) is 4.00. The molecule has 8 nitrogen and oxygen atoms in total. The van der Waals surface area contributed by atoms with Gasteiger partial charge in [-0.1, -0.05) is 30.3 Å². The lowest BCUT2D eigenvalue weighted by Gasteiger charge is -2.41. The van der Waals surface area contributed by atoms with Crippen LogP contribution in [0.15, 0.2) is 64.8 Å². The maximum atomic E-state index is 5.52. The third-order valence-corrected chi connectivity index (χ3v) is 6.25. The summed E-state index contributed by atoms with van der Waals surface area (Å²) in [5.41, 5.74) is 3.92. The second kappa shape index (κ2) is 11.0. The van der Waals surface area contributed by atoms with Gasteiger partial charge in [0.05, 0.1) is 19.9 Å². The summed E-state index contributed by atoms with van der Waals surface area (Å²) >= 11 is 0. The van der Waals surface area contributed by atoms with Crippen LogP contribution in [0.5, 0.6) is 11.5 Å². The number of anilines is 1. The van der Waals surface area contributed by atoms with E-state index in [4.69, 9.17) is 9.47 Å². The molecule has 35 heavy (non-hydrogen) atoms. The van der Waals surface area contributed by atoms with Gasteiger partial charge in [-0.05, 0) is 30.8 Å². The first-order valence-electron chi connectivity index (χ1n) is 11.6. The van der Waals surface area contributed by atoms with E-state index in [1.54, 1.807) is 21.3 Å². The Morgan fingerprint density at radius 3 is 2.31 bits per heavy atom. The monoisotopic (exact) mass is 472 g/mol. The Kier molecular flexibility index (Phi) is 7.60. The Morgan fingerprint density at radius 2 is 1.71 bits per heavy atom. The maximum Gasteiger partial charge on any atom is 0.225 e. The second-order valence-corrected chi connectivity index (χ2v) is 8.47. The summed E-state index contributed by atoms with van der Waals surface area (Å²) in [7, 11) is 5.03. The Morgan fingerprint density at radius 1 is 1.03 bits per heavy atom. The van der Waals surface area contributed by atoms with E-state index in [1.165, 1.54) is 5.56 Å². The molecule has 8 heteroatoms. The lowest BCUT2D eigenvalue weighted by molar-refractivity contribution is 0.296. The Bertz CT molecular complexity index is 1180. The first-order chi connectivity index (χ1) is 17.1.